The summed E-state index contributed by atoms with van der Waals surface area (Å²) in [5, 5.41) is -0.184. The summed E-state index contributed by atoms with van der Waals surface area (Å²) in [6.07, 6.45) is 6.23. The number of rotatable bonds is 7. The van der Waals surface area contributed by atoms with E-state index in [0.29, 0.717) is 18.2 Å². The second-order valence-corrected chi connectivity index (χ2v) is 8.61. The molecule has 19 heavy (non-hydrogen) atoms. The zero-order chi connectivity index (χ0) is 14.5. The maximum Gasteiger partial charge on any atom is 0.153 e. The van der Waals surface area contributed by atoms with E-state index in [9.17, 15) is 8.42 Å². The second-order valence-electron chi connectivity index (χ2n) is 6.34. The van der Waals surface area contributed by atoms with Gasteiger partial charge in [-0.15, -0.1) is 0 Å². The van der Waals surface area contributed by atoms with Crippen molar-refractivity contribution in [2.45, 2.75) is 64.5 Å². The Morgan fingerprint density at radius 3 is 2.47 bits per heavy atom. The van der Waals surface area contributed by atoms with Crippen molar-refractivity contribution in [2.24, 2.45) is 23.5 Å². The van der Waals surface area contributed by atoms with E-state index in [2.05, 4.69) is 13.8 Å². The van der Waals surface area contributed by atoms with Crippen LogP contribution in [0.1, 0.15) is 59.3 Å². The topological polar surface area (TPSA) is 60.2 Å². The Hall–Kier alpha value is -0.0900. The van der Waals surface area contributed by atoms with Crippen LogP contribution < -0.4 is 5.73 Å². The number of hydrogen-bond donors (Lipinski definition) is 1. The molecule has 0 amide bonds. The minimum absolute atomic E-state index is 0.183. The van der Waals surface area contributed by atoms with Gasteiger partial charge in [0.15, 0.2) is 9.84 Å². The zero-order valence-electron chi connectivity index (χ0n) is 12.8. The number of hydrogen-bond acceptors (Lipinski definition) is 3. The van der Waals surface area contributed by atoms with E-state index < -0.39 is 9.84 Å². The number of nitrogens with two attached hydrogens (primary N) is 1. The van der Waals surface area contributed by atoms with Crippen molar-refractivity contribution in [2.75, 3.05) is 12.3 Å². The molecule has 1 aliphatic carbocycles. The molecule has 0 spiro atoms. The Labute approximate surface area is 119 Å². The van der Waals surface area contributed by atoms with E-state index in [4.69, 9.17) is 5.73 Å². The first-order chi connectivity index (χ1) is 8.94. The molecule has 1 rings (SSSR count). The molecule has 0 heterocycles. The van der Waals surface area contributed by atoms with E-state index in [0.717, 1.165) is 38.5 Å². The molecule has 1 saturated carbocycles. The van der Waals surface area contributed by atoms with Crippen molar-refractivity contribution in [1.29, 1.82) is 0 Å². The van der Waals surface area contributed by atoms with Gasteiger partial charge in [0.25, 0.3) is 0 Å². The molecular formula is C15H31NO2S. The fraction of sp³-hybridized carbons (Fsp3) is 1.00. The molecule has 0 bridgehead atoms. The summed E-state index contributed by atoms with van der Waals surface area (Å²) in [5.74, 6) is 1.37. The molecule has 1 fully saturated rings. The van der Waals surface area contributed by atoms with Gasteiger partial charge >= 0.3 is 0 Å². The van der Waals surface area contributed by atoms with Crippen LogP contribution in [0.3, 0.4) is 0 Å². The maximum atomic E-state index is 12.6. The highest BCUT2D eigenvalue weighted by Crippen LogP contribution is 2.36. The van der Waals surface area contributed by atoms with Crippen LogP contribution in [-0.2, 0) is 9.84 Å². The van der Waals surface area contributed by atoms with Gasteiger partial charge in [-0.2, -0.15) is 0 Å². The summed E-state index contributed by atoms with van der Waals surface area (Å²) in [4.78, 5) is 0. The summed E-state index contributed by atoms with van der Waals surface area (Å²) in [6.45, 7) is 6.78. The number of sulfone groups is 1. The molecular weight excluding hydrogens is 258 g/mol. The van der Waals surface area contributed by atoms with Crippen LogP contribution in [0.25, 0.3) is 0 Å². The predicted octanol–water partition coefficient (Wildman–Crippen LogP) is 2.99. The van der Waals surface area contributed by atoms with Crippen LogP contribution in [0, 0.1) is 17.8 Å². The highest BCUT2D eigenvalue weighted by Gasteiger charge is 2.38. The van der Waals surface area contributed by atoms with Gasteiger partial charge in [0.1, 0.15) is 0 Å². The minimum Gasteiger partial charge on any atom is -0.330 e. The smallest absolute Gasteiger partial charge is 0.153 e. The minimum atomic E-state index is -2.99. The molecule has 1 aliphatic rings. The average Bonchev–Trinajstić information content (AvgIpc) is 2.38. The van der Waals surface area contributed by atoms with Gasteiger partial charge in [-0.3, -0.25) is 0 Å². The fourth-order valence-corrected chi connectivity index (χ4v) is 5.97. The lowest BCUT2D eigenvalue weighted by molar-refractivity contribution is 0.267. The normalized spacial score (nSPS) is 30.2. The van der Waals surface area contributed by atoms with E-state index in [-0.39, 0.29) is 17.1 Å². The molecule has 4 heteroatoms. The lowest BCUT2D eigenvalue weighted by Crippen LogP contribution is -2.41. The molecule has 0 saturated heterocycles. The molecule has 114 valence electrons. The monoisotopic (exact) mass is 289 g/mol. The molecule has 0 radical (unpaired) electrons. The third-order valence-corrected chi connectivity index (χ3v) is 7.25. The first-order valence-electron chi connectivity index (χ1n) is 7.86. The van der Waals surface area contributed by atoms with Gasteiger partial charge in [0, 0.05) is 0 Å². The van der Waals surface area contributed by atoms with Gasteiger partial charge in [-0.25, -0.2) is 8.42 Å². The molecule has 0 aromatic heterocycles. The Kier molecular flexibility index (Phi) is 6.81. The van der Waals surface area contributed by atoms with Crippen LogP contribution in [0.5, 0.6) is 0 Å². The van der Waals surface area contributed by atoms with Gasteiger partial charge in [0.2, 0.25) is 0 Å². The van der Waals surface area contributed by atoms with Crippen molar-refractivity contribution in [3.63, 3.8) is 0 Å². The van der Waals surface area contributed by atoms with Crippen LogP contribution in [0.2, 0.25) is 0 Å². The third kappa shape index (κ3) is 4.75. The van der Waals surface area contributed by atoms with Crippen LogP contribution in [0.4, 0.5) is 0 Å². The highest BCUT2D eigenvalue weighted by molar-refractivity contribution is 7.92. The summed E-state index contributed by atoms with van der Waals surface area (Å²) < 4.78 is 25.2. The summed E-state index contributed by atoms with van der Waals surface area (Å²) in [6, 6.07) is 0. The van der Waals surface area contributed by atoms with Crippen LogP contribution in [0.15, 0.2) is 0 Å². The first kappa shape index (κ1) is 17.0. The van der Waals surface area contributed by atoms with Gasteiger partial charge in [-0.05, 0) is 37.1 Å². The van der Waals surface area contributed by atoms with E-state index >= 15 is 0 Å². The second kappa shape index (κ2) is 7.63. The summed E-state index contributed by atoms with van der Waals surface area (Å²) >= 11 is 0. The van der Waals surface area contributed by atoms with E-state index in [1.54, 1.807) is 0 Å². The Bertz CT molecular complexity index is 353. The fourth-order valence-electron chi connectivity index (χ4n) is 3.29. The quantitative estimate of drug-likeness (QED) is 0.784. The maximum absolute atomic E-state index is 12.6. The van der Waals surface area contributed by atoms with E-state index in [1.807, 2.05) is 6.92 Å². The lowest BCUT2D eigenvalue weighted by atomic mass is 9.80. The molecule has 0 aromatic carbocycles. The molecule has 4 atom stereocenters. The van der Waals surface area contributed by atoms with Crippen LogP contribution in [-0.4, -0.2) is 26.0 Å². The SMILES string of the molecule is CCCC1CCC(CN)C(S(=O)(=O)CC(C)CC)C1. The van der Waals surface area contributed by atoms with Gasteiger partial charge in [-0.1, -0.05) is 46.5 Å². The summed E-state index contributed by atoms with van der Waals surface area (Å²) in [7, 11) is -2.99. The highest BCUT2D eigenvalue weighted by atomic mass is 32.2. The average molecular weight is 289 g/mol. The first-order valence-corrected chi connectivity index (χ1v) is 9.57. The lowest BCUT2D eigenvalue weighted by Gasteiger charge is -2.35. The van der Waals surface area contributed by atoms with Crippen molar-refractivity contribution in [3.8, 4) is 0 Å². The Morgan fingerprint density at radius 2 is 1.95 bits per heavy atom. The van der Waals surface area contributed by atoms with Crippen molar-refractivity contribution < 1.29 is 8.42 Å². The van der Waals surface area contributed by atoms with Gasteiger partial charge < -0.3 is 5.73 Å². The van der Waals surface area contributed by atoms with Gasteiger partial charge in [0.05, 0.1) is 11.0 Å². The van der Waals surface area contributed by atoms with Crippen LogP contribution >= 0.6 is 0 Å². The standard InChI is InChI=1S/C15H31NO2S/c1-4-6-13-7-8-14(10-16)15(9-13)19(17,18)11-12(3)5-2/h12-15H,4-11,16H2,1-3H3. The molecule has 2 N–H and O–H groups in total. The molecule has 0 aliphatic heterocycles. The predicted molar refractivity (Wildman–Crippen MR) is 81.8 cm³/mol. The Morgan fingerprint density at radius 1 is 1.26 bits per heavy atom. The van der Waals surface area contributed by atoms with E-state index in [1.165, 1.54) is 0 Å². The molecule has 3 nitrogen and oxygen atoms in total. The van der Waals surface area contributed by atoms with Crippen molar-refractivity contribution in [1.82, 2.24) is 0 Å². The van der Waals surface area contributed by atoms with Crippen molar-refractivity contribution in [3.05, 3.63) is 0 Å². The third-order valence-electron chi connectivity index (χ3n) is 4.71. The van der Waals surface area contributed by atoms with Crippen molar-refractivity contribution >= 4 is 9.84 Å². The largest absolute Gasteiger partial charge is 0.330 e. The molecule has 4 unspecified atom stereocenters. The zero-order valence-corrected chi connectivity index (χ0v) is 13.6. The molecule has 0 aromatic rings. The summed E-state index contributed by atoms with van der Waals surface area (Å²) in [5.41, 5.74) is 5.81. The Balaban J connectivity index is 2.79.